The molecule has 0 aromatic heterocycles. The first kappa shape index (κ1) is 69.0. The third-order valence-electron chi connectivity index (χ3n) is 12.8. The molecule has 0 saturated carbocycles. The van der Waals surface area contributed by atoms with Crippen LogP contribution in [0.3, 0.4) is 0 Å². The number of nitrogens with one attached hydrogen (secondary N) is 9. The summed E-state index contributed by atoms with van der Waals surface area (Å²) in [6, 6.07) is 31.9. The Kier molecular flexibility index (Phi) is 24.8. The van der Waals surface area contributed by atoms with E-state index in [2.05, 4.69) is 47.9 Å². The lowest BCUT2D eigenvalue weighted by Gasteiger charge is -2.30. The number of rotatable bonds is 27. The summed E-state index contributed by atoms with van der Waals surface area (Å²) in [6.45, 7) is 18.6. The zero-order valence-electron chi connectivity index (χ0n) is 51.1. The van der Waals surface area contributed by atoms with Crippen LogP contribution in [0.15, 0.2) is 144 Å². The number of nitrogens with two attached hydrogens (primary N) is 1. The fourth-order valence-electron chi connectivity index (χ4n) is 7.88. The minimum absolute atomic E-state index is 0.00525. The van der Waals surface area contributed by atoms with Crippen molar-refractivity contribution in [2.45, 2.75) is 130 Å². The van der Waals surface area contributed by atoms with Crippen LogP contribution < -0.4 is 53.6 Å². The number of methoxy groups -OCH3 is 1. The second kappa shape index (κ2) is 30.9. The van der Waals surface area contributed by atoms with Gasteiger partial charge in [-0.05, 0) is 127 Å². The summed E-state index contributed by atoms with van der Waals surface area (Å²) >= 11 is 0. The standard InChI is InChI=1S/C65H82N10O11/c1-40(2)34-46(52(76)68-51(35-41(3)4)57(81)86-13)67-53(77)47(36-42-26-18-14-19-27-42)70-59(83)63(7,8)74-55(79)49(38-44-30-22-16-23-31-44)72-61(85)65(11,12)75-56(80)50(39-45-32-24-17-25-33-45)71-60(84)64(9,10)73-54(78)48(69-58(82)62(5,6)66)37-43-28-20-15-21-29-43/h14-33,36-41,46,51H,34-35,66H2,1-13H3,(H,67,77)(H,68,76)(H,69,82)(H,70,83)(H,71,84)(H,72,85)(H,73,78)(H,74,79)(H,75,80)/b47-36-,48-37-,49-38-,50-39-/t46-,51-/m0/s1. The van der Waals surface area contributed by atoms with Gasteiger partial charge in [0.2, 0.25) is 29.5 Å². The maximum atomic E-state index is 14.5. The summed E-state index contributed by atoms with van der Waals surface area (Å²) in [5, 5.41) is 23.7. The van der Waals surface area contributed by atoms with Crippen molar-refractivity contribution >= 4 is 83.4 Å². The highest BCUT2D eigenvalue weighted by atomic mass is 16.5. The molecule has 0 aliphatic carbocycles. The van der Waals surface area contributed by atoms with Crippen molar-refractivity contribution in [3.05, 3.63) is 166 Å². The van der Waals surface area contributed by atoms with Gasteiger partial charge in [0.1, 0.15) is 51.5 Å². The second-order valence-electron chi connectivity index (χ2n) is 23.5. The first-order valence-electron chi connectivity index (χ1n) is 28.0. The lowest BCUT2D eigenvalue weighted by Crippen LogP contribution is -2.60. The summed E-state index contributed by atoms with van der Waals surface area (Å²) in [5.41, 5.74) is -0.0912. The molecule has 4 aromatic carbocycles. The lowest BCUT2D eigenvalue weighted by atomic mass is 10.00. The molecule has 0 unspecified atom stereocenters. The fraction of sp³-hybridized carbons (Fsp3) is 0.354. The van der Waals surface area contributed by atoms with E-state index in [-0.39, 0.29) is 47.5 Å². The van der Waals surface area contributed by atoms with Crippen LogP contribution in [0.25, 0.3) is 24.3 Å². The zero-order chi connectivity index (χ0) is 64.2. The molecule has 0 bridgehead atoms. The van der Waals surface area contributed by atoms with E-state index in [1.165, 1.54) is 86.8 Å². The van der Waals surface area contributed by atoms with Gasteiger partial charge in [0, 0.05) is 0 Å². The van der Waals surface area contributed by atoms with Gasteiger partial charge in [0.05, 0.1) is 12.6 Å². The SMILES string of the molecule is COC(=O)[C@H](CC(C)C)NC(=O)[C@H](CC(C)C)NC(=O)/C(=C/c1ccccc1)NC(=O)C(C)(C)NC(=O)/C(=C/c1ccccc1)NC(=O)C(C)(C)NC(=O)/C(=C/c1ccccc1)NC(=O)C(C)(C)NC(=O)/C(=C/c1ccccc1)NC(=O)C(C)(C)N. The van der Waals surface area contributed by atoms with Crippen molar-refractivity contribution in [1.82, 2.24) is 47.9 Å². The average molecular weight is 1180 g/mol. The van der Waals surface area contributed by atoms with Crippen LogP contribution in [0, 0.1) is 11.8 Å². The van der Waals surface area contributed by atoms with E-state index in [1.54, 1.807) is 121 Å². The molecular formula is C65H82N10O11. The van der Waals surface area contributed by atoms with Gasteiger partial charge in [-0.2, -0.15) is 0 Å². The molecule has 9 amide bonds. The first-order valence-corrected chi connectivity index (χ1v) is 28.0. The molecule has 2 atom stereocenters. The molecule has 0 heterocycles. The number of carbonyl (C=O) groups excluding carboxylic acids is 10. The third kappa shape index (κ3) is 21.9. The Balaban J connectivity index is 1.61. The van der Waals surface area contributed by atoms with Gasteiger partial charge < -0.3 is 58.3 Å². The van der Waals surface area contributed by atoms with Gasteiger partial charge in [-0.15, -0.1) is 0 Å². The fourth-order valence-corrected chi connectivity index (χ4v) is 7.88. The smallest absolute Gasteiger partial charge is 0.328 e. The number of hydrogen-bond donors (Lipinski definition) is 10. The zero-order valence-corrected chi connectivity index (χ0v) is 51.1. The Hall–Kier alpha value is -9.50. The van der Waals surface area contributed by atoms with E-state index in [9.17, 15) is 47.9 Å². The van der Waals surface area contributed by atoms with Crippen LogP contribution in [0.1, 0.15) is 118 Å². The summed E-state index contributed by atoms with van der Waals surface area (Å²) in [4.78, 5) is 140. The van der Waals surface area contributed by atoms with Crippen molar-refractivity contribution in [3.63, 3.8) is 0 Å². The van der Waals surface area contributed by atoms with E-state index in [0.717, 1.165) is 0 Å². The predicted molar refractivity (Wildman–Crippen MR) is 330 cm³/mol. The van der Waals surface area contributed by atoms with Crippen LogP contribution in [0.4, 0.5) is 0 Å². The van der Waals surface area contributed by atoms with Crippen molar-refractivity contribution in [3.8, 4) is 0 Å². The van der Waals surface area contributed by atoms with Gasteiger partial charge in [-0.1, -0.05) is 149 Å². The van der Waals surface area contributed by atoms with E-state index in [1.807, 2.05) is 27.7 Å². The molecular weight excluding hydrogens is 1100 g/mol. The largest absolute Gasteiger partial charge is 0.467 e. The van der Waals surface area contributed by atoms with Crippen LogP contribution in [-0.2, 0) is 52.7 Å². The molecule has 0 aliphatic heterocycles. The summed E-state index contributed by atoms with van der Waals surface area (Å²) in [6.07, 6.45) is 5.93. The first-order chi connectivity index (χ1) is 40.2. The van der Waals surface area contributed by atoms with Crippen molar-refractivity contribution < 1.29 is 52.7 Å². The van der Waals surface area contributed by atoms with Crippen LogP contribution >= 0.6 is 0 Å². The van der Waals surface area contributed by atoms with Gasteiger partial charge >= 0.3 is 5.97 Å². The molecule has 0 fully saturated rings. The number of amides is 9. The Morgan fingerprint density at radius 2 is 0.674 bits per heavy atom. The highest BCUT2D eigenvalue weighted by Crippen LogP contribution is 2.18. The number of hydrogen-bond acceptors (Lipinski definition) is 12. The number of esters is 1. The highest BCUT2D eigenvalue weighted by Gasteiger charge is 2.38. The molecule has 0 spiro atoms. The van der Waals surface area contributed by atoms with E-state index < -0.39 is 93.4 Å². The quantitative estimate of drug-likeness (QED) is 0.0270. The minimum atomic E-state index is -1.86. The third-order valence-corrected chi connectivity index (χ3v) is 12.8. The van der Waals surface area contributed by atoms with Crippen LogP contribution in [0.5, 0.6) is 0 Å². The Bertz CT molecular complexity index is 3220. The second-order valence-corrected chi connectivity index (χ2v) is 23.5. The van der Waals surface area contributed by atoms with Crippen LogP contribution in [-0.4, -0.2) is 100 Å². The van der Waals surface area contributed by atoms with Gasteiger partial charge in [0.25, 0.3) is 23.6 Å². The average Bonchev–Trinajstić information content (AvgIpc) is 1.87. The molecule has 21 nitrogen and oxygen atoms in total. The Labute approximate surface area is 503 Å². The monoisotopic (exact) mass is 1180 g/mol. The minimum Gasteiger partial charge on any atom is -0.467 e. The van der Waals surface area contributed by atoms with E-state index >= 15 is 0 Å². The van der Waals surface area contributed by atoms with Crippen molar-refractivity contribution in [1.29, 1.82) is 0 Å². The molecule has 0 radical (unpaired) electrons. The molecule has 0 aliphatic rings. The van der Waals surface area contributed by atoms with Crippen LogP contribution in [0.2, 0.25) is 0 Å². The summed E-state index contributed by atoms with van der Waals surface area (Å²) in [7, 11) is 1.21. The molecule has 11 N–H and O–H groups in total. The molecule has 4 rings (SSSR count). The number of benzene rings is 4. The highest BCUT2D eigenvalue weighted by molar-refractivity contribution is 6.10. The predicted octanol–water partition coefficient (Wildman–Crippen LogP) is 5.27. The molecule has 4 aromatic rings. The van der Waals surface area contributed by atoms with Gasteiger partial charge in [-0.25, -0.2) is 4.79 Å². The molecule has 86 heavy (non-hydrogen) atoms. The van der Waals surface area contributed by atoms with Gasteiger partial charge in [0.15, 0.2) is 0 Å². The van der Waals surface area contributed by atoms with Crippen molar-refractivity contribution in [2.75, 3.05) is 7.11 Å². The molecule has 21 heteroatoms. The molecule has 0 saturated heterocycles. The number of ether oxygens (including phenoxy) is 1. The maximum absolute atomic E-state index is 14.5. The van der Waals surface area contributed by atoms with Crippen molar-refractivity contribution in [2.24, 2.45) is 17.6 Å². The lowest BCUT2D eigenvalue weighted by molar-refractivity contribution is -0.146. The summed E-state index contributed by atoms with van der Waals surface area (Å²) in [5.74, 6) is -8.41. The van der Waals surface area contributed by atoms with E-state index in [0.29, 0.717) is 22.3 Å². The topological polar surface area (TPSA) is 314 Å². The van der Waals surface area contributed by atoms with E-state index in [4.69, 9.17) is 10.5 Å². The number of carbonyl (C=O) groups is 10. The Morgan fingerprint density at radius 3 is 0.942 bits per heavy atom. The normalized spacial score (nSPS) is 13.3. The summed E-state index contributed by atoms with van der Waals surface area (Å²) < 4.78 is 4.94. The van der Waals surface area contributed by atoms with Gasteiger partial charge in [-0.3, -0.25) is 43.2 Å². The maximum Gasteiger partial charge on any atom is 0.328 e. The Morgan fingerprint density at radius 1 is 0.407 bits per heavy atom. The molecule has 458 valence electrons.